The number of aromatic nitrogens is 1. The van der Waals surface area contributed by atoms with E-state index in [0.29, 0.717) is 73.0 Å². The van der Waals surface area contributed by atoms with E-state index in [4.69, 9.17) is 30.5 Å². The van der Waals surface area contributed by atoms with Crippen LogP contribution in [-0.4, -0.2) is 59.3 Å². The van der Waals surface area contributed by atoms with Crippen molar-refractivity contribution >= 4 is 51.0 Å². The molecule has 262 valence electrons. The fourth-order valence-corrected chi connectivity index (χ4v) is 8.65. The van der Waals surface area contributed by atoms with Crippen molar-refractivity contribution in [3.8, 4) is 17.2 Å². The summed E-state index contributed by atoms with van der Waals surface area (Å²) in [6.45, 7) is 1.11. The molecule has 4 aromatic rings. The molecule has 1 aliphatic carbocycles. The van der Waals surface area contributed by atoms with Crippen LogP contribution in [0.25, 0.3) is 10.1 Å². The first-order valence-electron chi connectivity index (χ1n) is 17.1. The van der Waals surface area contributed by atoms with Crippen molar-refractivity contribution in [2.45, 2.75) is 64.3 Å². The Morgan fingerprint density at radius 1 is 0.920 bits per heavy atom. The zero-order chi connectivity index (χ0) is 34.8. The molecule has 1 aromatic heterocycles. The lowest BCUT2D eigenvalue weighted by molar-refractivity contribution is -0.162. The maximum atomic E-state index is 14.7. The summed E-state index contributed by atoms with van der Waals surface area (Å²) in [6, 6.07) is 17.0. The van der Waals surface area contributed by atoms with Crippen LogP contribution in [0, 0.1) is 11.8 Å². The molecule has 0 N–H and O–H groups in total. The topological polar surface area (TPSA) is 108 Å². The van der Waals surface area contributed by atoms with E-state index in [1.54, 1.807) is 42.2 Å². The molecule has 2 aliphatic heterocycles. The number of hydrogen-bond acceptors (Lipinski definition) is 9. The lowest BCUT2D eigenvalue weighted by Crippen LogP contribution is -2.52. The fraction of sp³-hybridized carbons (Fsp3) is 0.421. The van der Waals surface area contributed by atoms with Gasteiger partial charge in [-0.3, -0.25) is 14.4 Å². The second-order valence-corrected chi connectivity index (χ2v) is 14.2. The molecule has 1 saturated heterocycles. The number of carbonyl (C=O) groups is 3. The molecule has 12 heteroatoms. The van der Waals surface area contributed by atoms with Crippen LogP contribution in [0.15, 0.2) is 54.6 Å². The van der Waals surface area contributed by atoms with Gasteiger partial charge in [0.2, 0.25) is 11.8 Å². The van der Waals surface area contributed by atoms with Gasteiger partial charge in [0.15, 0.2) is 0 Å². The number of carbonyl (C=O) groups excluding carboxylic acids is 3. The van der Waals surface area contributed by atoms with Crippen molar-refractivity contribution in [2.24, 2.45) is 11.8 Å². The third-order valence-corrected chi connectivity index (χ3v) is 11.4. The van der Waals surface area contributed by atoms with Crippen LogP contribution >= 0.6 is 23.1 Å². The molecule has 2 amide bonds. The van der Waals surface area contributed by atoms with E-state index in [1.165, 1.54) is 11.5 Å². The van der Waals surface area contributed by atoms with E-state index in [9.17, 15) is 14.4 Å². The SMILES string of the molecule is COc1ccc(COC(=O)C2CCCCC2C(=O)N2CCc3c(Cl)ccc(OCc4nsc5ccccc45)c3C2N2CCCC2=O)c(OC)c1. The Labute approximate surface area is 300 Å². The van der Waals surface area contributed by atoms with E-state index in [1.807, 2.05) is 36.4 Å². The molecule has 1 saturated carbocycles. The molecule has 50 heavy (non-hydrogen) atoms. The van der Waals surface area contributed by atoms with Crippen LogP contribution in [0.1, 0.15) is 67.1 Å². The Kier molecular flexibility index (Phi) is 10.1. The number of nitrogens with zero attached hydrogens (tertiary/aromatic N) is 3. The van der Waals surface area contributed by atoms with Crippen molar-refractivity contribution in [1.82, 2.24) is 14.2 Å². The van der Waals surface area contributed by atoms with Gasteiger partial charge in [0.1, 0.15) is 36.6 Å². The van der Waals surface area contributed by atoms with Crippen molar-refractivity contribution in [2.75, 3.05) is 27.3 Å². The molecule has 3 heterocycles. The van der Waals surface area contributed by atoms with E-state index < -0.39 is 24.0 Å². The number of methoxy groups -OCH3 is 2. The highest BCUT2D eigenvalue weighted by Crippen LogP contribution is 2.45. The van der Waals surface area contributed by atoms with Gasteiger partial charge < -0.3 is 28.7 Å². The number of hydrogen-bond donors (Lipinski definition) is 0. The first-order valence-corrected chi connectivity index (χ1v) is 18.3. The summed E-state index contributed by atoms with van der Waals surface area (Å²) in [5.74, 6) is -0.0174. The Morgan fingerprint density at radius 2 is 1.74 bits per heavy atom. The van der Waals surface area contributed by atoms with Crippen LogP contribution in [-0.2, 0) is 38.8 Å². The zero-order valence-electron chi connectivity index (χ0n) is 28.2. The Morgan fingerprint density at radius 3 is 2.52 bits per heavy atom. The molecule has 7 rings (SSSR count). The van der Waals surface area contributed by atoms with Crippen molar-refractivity contribution in [1.29, 1.82) is 0 Å². The smallest absolute Gasteiger partial charge is 0.310 e. The maximum absolute atomic E-state index is 14.7. The summed E-state index contributed by atoms with van der Waals surface area (Å²) < 4.78 is 28.8. The molecule has 3 atom stereocenters. The number of amides is 2. The van der Waals surface area contributed by atoms with Crippen LogP contribution < -0.4 is 14.2 Å². The molecule has 3 unspecified atom stereocenters. The second kappa shape index (κ2) is 14.9. The monoisotopic (exact) mass is 717 g/mol. The molecule has 3 aromatic carbocycles. The lowest BCUT2D eigenvalue weighted by atomic mass is 9.78. The summed E-state index contributed by atoms with van der Waals surface area (Å²) in [5, 5.41) is 1.60. The van der Waals surface area contributed by atoms with E-state index >= 15 is 0 Å². The largest absolute Gasteiger partial charge is 0.497 e. The molecule has 3 aliphatic rings. The number of esters is 1. The third-order valence-electron chi connectivity index (χ3n) is 10.2. The Balaban J connectivity index is 1.17. The number of benzene rings is 3. The van der Waals surface area contributed by atoms with Gasteiger partial charge >= 0.3 is 5.97 Å². The quantitative estimate of drug-likeness (QED) is 0.160. The van der Waals surface area contributed by atoms with Gasteiger partial charge in [-0.15, -0.1) is 0 Å². The summed E-state index contributed by atoms with van der Waals surface area (Å²) in [6.07, 6.45) is 3.65. The standard InChI is InChI=1S/C38H40ClN3O7S/c1-46-24-14-13-23(32(20-24)47-2)21-49-38(45)26-9-4-3-8-25(26)37(44)42-19-17-27-29(39)15-16-31(35(27)36(42)41-18-7-12-34(41)43)48-22-30-28-10-5-6-11-33(28)50-40-30/h5-6,10-11,13-16,20,25-26,36H,3-4,7-9,12,17-19,21-22H2,1-2H3. The summed E-state index contributed by atoms with van der Waals surface area (Å²) in [5.41, 5.74) is 3.13. The van der Waals surface area contributed by atoms with Crippen LogP contribution in [0.5, 0.6) is 17.2 Å². The van der Waals surface area contributed by atoms with Gasteiger partial charge in [-0.1, -0.05) is 42.6 Å². The molecule has 10 nitrogen and oxygen atoms in total. The Bertz CT molecular complexity index is 1910. The number of rotatable bonds is 10. The average molecular weight is 718 g/mol. The Hall–Kier alpha value is -4.35. The van der Waals surface area contributed by atoms with E-state index in [0.717, 1.165) is 39.7 Å². The van der Waals surface area contributed by atoms with Crippen molar-refractivity contribution in [3.05, 3.63) is 82.0 Å². The summed E-state index contributed by atoms with van der Waals surface area (Å²) >= 11 is 8.24. The van der Waals surface area contributed by atoms with Gasteiger partial charge in [-0.2, -0.15) is 4.37 Å². The molecular formula is C38H40ClN3O7S. The van der Waals surface area contributed by atoms with Crippen molar-refractivity contribution < 1.29 is 33.3 Å². The van der Waals surface area contributed by atoms with Crippen molar-refractivity contribution in [3.63, 3.8) is 0 Å². The minimum atomic E-state index is -0.704. The molecular weight excluding hydrogens is 678 g/mol. The normalized spacial score (nSPS) is 20.5. The lowest BCUT2D eigenvalue weighted by Gasteiger charge is -2.45. The second-order valence-electron chi connectivity index (χ2n) is 13.0. The number of fused-ring (bicyclic) bond motifs is 2. The van der Waals surface area contributed by atoms with Crippen LogP contribution in [0.2, 0.25) is 5.02 Å². The fourth-order valence-electron chi connectivity index (χ4n) is 7.61. The molecule has 0 spiro atoms. The minimum Gasteiger partial charge on any atom is -0.497 e. The highest BCUT2D eigenvalue weighted by molar-refractivity contribution is 7.13. The first kappa shape index (κ1) is 34.1. The highest BCUT2D eigenvalue weighted by Gasteiger charge is 2.46. The predicted molar refractivity (Wildman–Crippen MR) is 189 cm³/mol. The third kappa shape index (κ3) is 6.60. The maximum Gasteiger partial charge on any atom is 0.310 e. The van der Waals surface area contributed by atoms with Gasteiger partial charge in [0.05, 0.1) is 36.4 Å². The zero-order valence-corrected chi connectivity index (χ0v) is 29.8. The van der Waals surface area contributed by atoms with Gasteiger partial charge in [-0.05, 0) is 73.1 Å². The predicted octanol–water partition coefficient (Wildman–Crippen LogP) is 7.10. The molecule has 0 bridgehead atoms. The number of ether oxygens (including phenoxy) is 4. The van der Waals surface area contributed by atoms with Gasteiger partial charge in [-0.25, -0.2) is 0 Å². The average Bonchev–Trinajstić information content (AvgIpc) is 3.78. The number of likely N-dealkylation sites (tertiary alicyclic amines) is 1. The van der Waals surface area contributed by atoms with E-state index in [-0.39, 0.29) is 25.0 Å². The van der Waals surface area contributed by atoms with Crippen LogP contribution in [0.3, 0.4) is 0 Å². The van der Waals surface area contributed by atoms with Gasteiger partial charge in [0.25, 0.3) is 0 Å². The molecule has 0 radical (unpaired) electrons. The summed E-state index contributed by atoms with van der Waals surface area (Å²) in [4.78, 5) is 45.4. The molecule has 2 fully saturated rings. The van der Waals surface area contributed by atoms with E-state index in [2.05, 4.69) is 4.37 Å². The number of halogens is 1. The summed E-state index contributed by atoms with van der Waals surface area (Å²) in [7, 11) is 3.13. The minimum absolute atomic E-state index is 0.0128. The van der Waals surface area contributed by atoms with Crippen LogP contribution in [0.4, 0.5) is 0 Å². The highest BCUT2D eigenvalue weighted by atomic mass is 35.5. The van der Waals surface area contributed by atoms with Gasteiger partial charge in [0, 0.05) is 47.1 Å². The first-order chi connectivity index (χ1) is 24.4.